The fourth-order valence-corrected chi connectivity index (χ4v) is 1.75. The number of anilines is 1. The molecule has 4 nitrogen and oxygen atoms in total. The van der Waals surface area contributed by atoms with Crippen molar-refractivity contribution in [3.8, 4) is 11.5 Å². The third kappa shape index (κ3) is 3.97. The number of amides is 1. The van der Waals surface area contributed by atoms with Gasteiger partial charge in [-0.1, -0.05) is 6.07 Å². The second-order valence-electron chi connectivity index (χ2n) is 4.67. The van der Waals surface area contributed by atoms with E-state index in [0.29, 0.717) is 17.0 Å². The summed E-state index contributed by atoms with van der Waals surface area (Å²) in [5.41, 5.74) is 0.320. The van der Waals surface area contributed by atoms with E-state index in [2.05, 4.69) is 10.3 Å². The first kappa shape index (κ1) is 15.8. The number of benzene rings is 1. The number of hydrogen-bond donors (Lipinski definition) is 1. The number of rotatable bonds is 3. The number of aromatic nitrogens is 1. The van der Waals surface area contributed by atoms with Crippen molar-refractivity contribution in [3.05, 3.63) is 47.8 Å². The fraction of sp³-hybridized carbons (Fsp3) is 0.200. The van der Waals surface area contributed by atoms with E-state index in [9.17, 15) is 18.0 Å². The molecule has 2 rings (SSSR count). The SMILES string of the molecule is CC(=O)Nc1ccc(C)c(Oc2cncc(C(F)(F)F)c2)c1. The Hall–Kier alpha value is -2.57. The van der Waals surface area contributed by atoms with Gasteiger partial charge in [0.1, 0.15) is 11.5 Å². The Balaban J connectivity index is 2.29. The molecule has 0 unspecified atom stereocenters. The number of ether oxygens (including phenoxy) is 1. The Morgan fingerprint density at radius 1 is 1.23 bits per heavy atom. The van der Waals surface area contributed by atoms with Crippen LogP contribution in [0.25, 0.3) is 0 Å². The maximum Gasteiger partial charge on any atom is 0.418 e. The second-order valence-corrected chi connectivity index (χ2v) is 4.67. The summed E-state index contributed by atoms with van der Waals surface area (Å²) in [6.45, 7) is 3.10. The third-order valence-corrected chi connectivity index (χ3v) is 2.78. The van der Waals surface area contributed by atoms with E-state index >= 15 is 0 Å². The van der Waals surface area contributed by atoms with Gasteiger partial charge < -0.3 is 10.1 Å². The van der Waals surface area contributed by atoms with Crippen LogP contribution in [0.2, 0.25) is 0 Å². The zero-order chi connectivity index (χ0) is 16.3. The van der Waals surface area contributed by atoms with Crippen LogP contribution in [0.1, 0.15) is 18.1 Å². The summed E-state index contributed by atoms with van der Waals surface area (Å²) in [7, 11) is 0. The number of hydrogen-bond acceptors (Lipinski definition) is 3. The lowest BCUT2D eigenvalue weighted by molar-refractivity contribution is -0.137. The van der Waals surface area contributed by atoms with Crippen LogP contribution < -0.4 is 10.1 Å². The first-order chi connectivity index (χ1) is 10.3. The normalized spacial score (nSPS) is 11.1. The van der Waals surface area contributed by atoms with Crippen molar-refractivity contribution >= 4 is 11.6 Å². The number of alkyl halides is 3. The van der Waals surface area contributed by atoms with Crippen LogP contribution in [0.3, 0.4) is 0 Å². The maximum atomic E-state index is 12.7. The second kappa shape index (κ2) is 6.05. The molecule has 116 valence electrons. The van der Waals surface area contributed by atoms with Gasteiger partial charge in [-0.25, -0.2) is 0 Å². The molecule has 2 aromatic rings. The molecule has 0 spiro atoms. The van der Waals surface area contributed by atoms with Crippen LogP contribution in [0, 0.1) is 6.92 Å². The molecule has 1 N–H and O–H groups in total. The van der Waals surface area contributed by atoms with E-state index in [1.165, 1.54) is 19.2 Å². The largest absolute Gasteiger partial charge is 0.455 e. The van der Waals surface area contributed by atoms with Gasteiger partial charge in [-0.3, -0.25) is 9.78 Å². The fourth-order valence-electron chi connectivity index (χ4n) is 1.75. The first-order valence-corrected chi connectivity index (χ1v) is 6.34. The van der Waals surface area contributed by atoms with Crippen LogP contribution >= 0.6 is 0 Å². The van der Waals surface area contributed by atoms with E-state index in [1.54, 1.807) is 19.1 Å². The minimum absolute atomic E-state index is 0.0297. The van der Waals surface area contributed by atoms with Gasteiger partial charge in [0.2, 0.25) is 5.91 Å². The lowest BCUT2D eigenvalue weighted by Crippen LogP contribution is -2.06. The predicted molar refractivity (Wildman–Crippen MR) is 74.8 cm³/mol. The van der Waals surface area contributed by atoms with Crippen LogP contribution in [-0.2, 0) is 11.0 Å². The molecule has 22 heavy (non-hydrogen) atoms. The summed E-state index contributed by atoms with van der Waals surface area (Å²) < 4.78 is 43.4. The standard InChI is InChI=1S/C15H13F3N2O2/c1-9-3-4-12(20-10(2)21)6-14(9)22-13-5-11(7-19-8-13)15(16,17)18/h3-8H,1-2H3,(H,20,21). The van der Waals surface area contributed by atoms with Crippen LogP contribution in [0.5, 0.6) is 11.5 Å². The summed E-state index contributed by atoms with van der Waals surface area (Å²) >= 11 is 0. The highest BCUT2D eigenvalue weighted by atomic mass is 19.4. The zero-order valence-corrected chi connectivity index (χ0v) is 11.9. The first-order valence-electron chi connectivity index (χ1n) is 6.34. The topological polar surface area (TPSA) is 51.2 Å². The molecule has 1 aromatic carbocycles. The molecule has 0 radical (unpaired) electrons. The summed E-state index contributed by atoms with van der Waals surface area (Å²) in [5.74, 6) is 0.0563. The van der Waals surface area contributed by atoms with Gasteiger partial charge in [-0.2, -0.15) is 13.2 Å². The highest BCUT2D eigenvalue weighted by molar-refractivity contribution is 5.88. The molecule has 0 saturated heterocycles. The highest BCUT2D eigenvalue weighted by Gasteiger charge is 2.31. The van der Waals surface area contributed by atoms with E-state index < -0.39 is 11.7 Å². The van der Waals surface area contributed by atoms with E-state index in [0.717, 1.165) is 12.3 Å². The van der Waals surface area contributed by atoms with Gasteiger partial charge in [0.25, 0.3) is 0 Å². The van der Waals surface area contributed by atoms with Gasteiger partial charge in [0.15, 0.2) is 0 Å². The van der Waals surface area contributed by atoms with Gasteiger partial charge in [-0.15, -0.1) is 0 Å². The summed E-state index contributed by atoms with van der Waals surface area (Å²) in [4.78, 5) is 14.6. The molecule has 0 aliphatic rings. The molecule has 7 heteroatoms. The molecular formula is C15H13F3N2O2. The Labute approximate surface area is 124 Å². The van der Waals surface area contributed by atoms with Crippen LogP contribution in [-0.4, -0.2) is 10.9 Å². The van der Waals surface area contributed by atoms with Gasteiger partial charge in [0.05, 0.1) is 11.8 Å². The van der Waals surface area contributed by atoms with Gasteiger partial charge in [-0.05, 0) is 24.6 Å². The van der Waals surface area contributed by atoms with E-state index in [4.69, 9.17) is 4.74 Å². The number of carbonyl (C=O) groups is 1. The molecule has 0 aliphatic heterocycles. The number of halogens is 3. The number of nitrogens with zero attached hydrogens (tertiary/aromatic N) is 1. The van der Waals surface area contributed by atoms with Crippen molar-refractivity contribution in [3.63, 3.8) is 0 Å². The van der Waals surface area contributed by atoms with Gasteiger partial charge >= 0.3 is 6.18 Å². The molecule has 1 amide bonds. The zero-order valence-electron chi connectivity index (χ0n) is 11.9. The molecular weight excluding hydrogens is 297 g/mol. The lowest BCUT2D eigenvalue weighted by Gasteiger charge is -2.12. The molecule has 0 aliphatic carbocycles. The average Bonchev–Trinajstić information content (AvgIpc) is 2.41. The molecule has 0 bridgehead atoms. The maximum absolute atomic E-state index is 12.7. The van der Waals surface area contributed by atoms with Crippen molar-refractivity contribution in [2.75, 3.05) is 5.32 Å². The van der Waals surface area contributed by atoms with E-state index in [-0.39, 0.29) is 11.7 Å². The summed E-state index contributed by atoms with van der Waals surface area (Å²) in [6.07, 6.45) is -2.56. The van der Waals surface area contributed by atoms with Crippen molar-refractivity contribution in [1.29, 1.82) is 0 Å². The lowest BCUT2D eigenvalue weighted by atomic mass is 10.2. The Morgan fingerprint density at radius 3 is 2.59 bits per heavy atom. The third-order valence-electron chi connectivity index (χ3n) is 2.78. The Bertz CT molecular complexity index is 699. The Kier molecular flexibility index (Phi) is 4.35. The number of carbonyl (C=O) groups excluding carboxylic acids is 1. The van der Waals surface area contributed by atoms with Crippen molar-refractivity contribution in [2.45, 2.75) is 20.0 Å². The molecule has 1 aromatic heterocycles. The Morgan fingerprint density at radius 2 is 1.95 bits per heavy atom. The smallest absolute Gasteiger partial charge is 0.418 e. The number of pyridine rings is 1. The molecule has 0 atom stereocenters. The number of nitrogens with one attached hydrogen (secondary N) is 1. The van der Waals surface area contributed by atoms with Crippen LogP contribution in [0.15, 0.2) is 36.7 Å². The van der Waals surface area contributed by atoms with Crippen molar-refractivity contribution in [1.82, 2.24) is 4.98 Å². The monoisotopic (exact) mass is 310 g/mol. The predicted octanol–water partition coefficient (Wildman–Crippen LogP) is 4.16. The van der Waals surface area contributed by atoms with Crippen molar-refractivity contribution < 1.29 is 22.7 Å². The van der Waals surface area contributed by atoms with Crippen molar-refractivity contribution in [2.24, 2.45) is 0 Å². The quantitative estimate of drug-likeness (QED) is 0.926. The highest BCUT2D eigenvalue weighted by Crippen LogP contribution is 2.33. The molecule has 0 saturated carbocycles. The van der Waals surface area contributed by atoms with Gasteiger partial charge in [0, 0.05) is 24.9 Å². The number of aryl methyl sites for hydroxylation is 1. The van der Waals surface area contributed by atoms with E-state index in [1.807, 2.05) is 0 Å². The van der Waals surface area contributed by atoms with Crippen LogP contribution in [0.4, 0.5) is 18.9 Å². The molecule has 1 heterocycles. The minimum Gasteiger partial charge on any atom is -0.455 e. The minimum atomic E-state index is -4.49. The summed E-state index contributed by atoms with van der Waals surface area (Å²) in [6, 6.07) is 5.78. The molecule has 0 fully saturated rings. The average molecular weight is 310 g/mol. The summed E-state index contributed by atoms with van der Waals surface area (Å²) in [5, 5.41) is 2.58.